The average molecular weight is 710 g/mol. The zero-order valence-electron chi connectivity index (χ0n) is 26.7. The molecule has 0 aromatic heterocycles. The summed E-state index contributed by atoms with van der Waals surface area (Å²) in [5.41, 5.74) is 4.06. The quantitative estimate of drug-likeness (QED) is 0.163. The maximum atomic E-state index is 17.2. The largest absolute Gasteiger partial charge is 0.457 e. The van der Waals surface area contributed by atoms with Gasteiger partial charge in [0, 0.05) is 28.7 Å². The first kappa shape index (κ1) is 33.9. The number of rotatable bonds is 10. The number of carbonyl (C=O) groups excluding carboxylic acids is 1. The van der Waals surface area contributed by atoms with Crippen LogP contribution in [0.1, 0.15) is 56.9 Å². The molecule has 0 spiro atoms. The van der Waals surface area contributed by atoms with Gasteiger partial charge in [0.05, 0.1) is 4.90 Å². The highest BCUT2D eigenvalue weighted by molar-refractivity contribution is 7.89. The van der Waals surface area contributed by atoms with E-state index in [4.69, 9.17) is 26.9 Å². The predicted octanol–water partition coefficient (Wildman–Crippen LogP) is 7.70. The van der Waals surface area contributed by atoms with Crippen LogP contribution < -0.4 is 15.4 Å². The van der Waals surface area contributed by atoms with E-state index in [9.17, 15) is 13.2 Å². The van der Waals surface area contributed by atoms with E-state index < -0.39 is 38.9 Å². The number of carbonyl (C=O) groups is 1. The molecule has 4 aromatic carbocycles. The molecular weight excluding hydrogens is 672 g/mol. The number of benzene rings is 4. The molecule has 3 fully saturated rings. The smallest absolute Gasteiger partial charge is 0.287 e. The minimum Gasteiger partial charge on any atom is -0.457 e. The van der Waals surface area contributed by atoms with Crippen molar-refractivity contribution in [3.05, 3.63) is 102 Å². The Labute approximate surface area is 289 Å². The van der Waals surface area contributed by atoms with Gasteiger partial charge in [0.2, 0.25) is 5.91 Å². The van der Waals surface area contributed by atoms with Crippen molar-refractivity contribution in [3.8, 4) is 11.5 Å². The van der Waals surface area contributed by atoms with E-state index in [1.54, 1.807) is 47.4 Å². The van der Waals surface area contributed by atoms with Crippen molar-refractivity contribution in [2.24, 2.45) is 11.7 Å². The van der Waals surface area contributed by atoms with E-state index in [2.05, 4.69) is 4.89 Å². The normalized spacial score (nSPS) is 22.7. The highest BCUT2D eigenvalue weighted by Gasteiger charge is 2.62. The molecule has 2 saturated heterocycles. The number of nitrogens with two attached hydrogens (primary N) is 1. The van der Waals surface area contributed by atoms with E-state index in [-0.39, 0.29) is 35.9 Å². The SMILES string of the molecule is NC1C[C@H]2CC[C@H](C1)N2C(=O)[C@@H](C1(ONS(=O)(=O)c2ccc3ccccc3c2)CCCC1)C(F)(F)c1ccc(Oc2ccc(Cl)cc2)cc1. The van der Waals surface area contributed by atoms with Crippen molar-refractivity contribution in [2.75, 3.05) is 0 Å². The van der Waals surface area contributed by atoms with E-state index in [1.165, 1.54) is 36.4 Å². The lowest BCUT2D eigenvalue weighted by Gasteiger charge is -2.45. The second-order valence-corrected chi connectivity index (χ2v) is 15.5. The summed E-state index contributed by atoms with van der Waals surface area (Å²) < 4.78 is 67.4. The van der Waals surface area contributed by atoms with Gasteiger partial charge in [-0.05, 0) is 110 Å². The molecule has 7 rings (SSSR count). The third kappa shape index (κ3) is 6.67. The van der Waals surface area contributed by atoms with Gasteiger partial charge in [0.1, 0.15) is 23.0 Å². The molecule has 8 nitrogen and oxygen atoms in total. The van der Waals surface area contributed by atoms with Crippen molar-refractivity contribution >= 4 is 38.3 Å². The molecular formula is C37H38ClF2N3O5S. The minimum atomic E-state index is -4.31. The first-order chi connectivity index (χ1) is 23.4. The van der Waals surface area contributed by atoms with Crippen LogP contribution in [0.5, 0.6) is 11.5 Å². The summed E-state index contributed by atoms with van der Waals surface area (Å²) in [4.78, 5) is 24.4. The van der Waals surface area contributed by atoms with Crippen LogP contribution in [0.4, 0.5) is 8.78 Å². The molecule has 2 heterocycles. The molecule has 3 atom stereocenters. The summed E-state index contributed by atoms with van der Waals surface area (Å²) >= 11 is 5.97. The highest BCUT2D eigenvalue weighted by atomic mass is 35.5. The van der Waals surface area contributed by atoms with Gasteiger partial charge in [-0.25, -0.2) is 17.2 Å². The summed E-state index contributed by atoms with van der Waals surface area (Å²) in [6, 6.07) is 23.3. The summed E-state index contributed by atoms with van der Waals surface area (Å²) in [6.07, 6.45) is 3.54. The number of fused-ring (bicyclic) bond motifs is 3. The van der Waals surface area contributed by atoms with Crippen molar-refractivity contribution in [1.82, 2.24) is 9.79 Å². The molecule has 0 unspecified atom stereocenters. The standard InChI is InChI=1S/C37H38ClF2N3O5S/c38-27-10-16-32(17-11-27)47-31-14-8-26(9-15-31)37(39,40)34(35(44)43-29-12-13-30(43)23-28(41)22-29)36(19-3-4-20-36)48-42-49(45,46)33-18-7-24-5-1-2-6-25(24)21-33/h1-2,5-11,14-18,21,28-30,34,42H,3-4,12-13,19-20,22-23,41H2/t29-,30-,34+/m1/s1. The van der Waals surface area contributed by atoms with Gasteiger partial charge in [0.25, 0.3) is 15.9 Å². The third-order valence-electron chi connectivity index (χ3n) is 10.3. The van der Waals surface area contributed by atoms with Crippen LogP contribution in [-0.4, -0.2) is 43.0 Å². The van der Waals surface area contributed by atoms with Gasteiger partial charge in [-0.3, -0.25) is 9.63 Å². The molecule has 49 heavy (non-hydrogen) atoms. The molecule has 3 aliphatic rings. The minimum absolute atomic E-state index is 0.0691. The second-order valence-electron chi connectivity index (χ2n) is 13.5. The van der Waals surface area contributed by atoms with E-state index in [0.29, 0.717) is 60.4 Å². The number of sulfonamides is 1. The Bertz CT molecular complexity index is 1920. The highest BCUT2D eigenvalue weighted by Crippen LogP contribution is 2.52. The Hall–Kier alpha value is -3.61. The van der Waals surface area contributed by atoms with E-state index in [0.717, 1.165) is 5.39 Å². The number of ether oxygens (including phenoxy) is 1. The van der Waals surface area contributed by atoms with Crippen LogP contribution in [0.2, 0.25) is 5.02 Å². The Balaban J connectivity index is 1.23. The molecule has 1 aliphatic carbocycles. The number of halogens is 3. The number of hydrogen-bond donors (Lipinski definition) is 2. The lowest BCUT2D eigenvalue weighted by Crippen LogP contribution is -2.60. The third-order valence-corrected chi connectivity index (χ3v) is 11.7. The second kappa shape index (κ2) is 13.3. The molecule has 0 radical (unpaired) electrons. The van der Waals surface area contributed by atoms with Gasteiger partial charge in [-0.1, -0.05) is 59.7 Å². The number of amides is 1. The number of nitrogens with one attached hydrogen (secondary N) is 1. The van der Waals surface area contributed by atoms with Crippen molar-refractivity contribution in [1.29, 1.82) is 0 Å². The molecule has 2 aliphatic heterocycles. The summed E-state index contributed by atoms with van der Waals surface area (Å²) in [5, 5.41) is 2.08. The fourth-order valence-corrected chi connectivity index (χ4v) is 8.96. The van der Waals surface area contributed by atoms with Gasteiger partial charge in [-0.2, -0.15) is 0 Å². The predicted molar refractivity (Wildman–Crippen MR) is 183 cm³/mol. The van der Waals surface area contributed by atoms with Crippen LogP contribution in [0.25, 0.3) is 10.8 Å². The first-order valence-corrected chi connectivity index (χ1v) is 18.5. The maximum absolute atomic E-state index is 17.2. The Morgan fingerprint density at radius 1 is 0.898 bits per heavy atom. The van der Waals surface area contributed by atoms with Crippen LogP contribution in [0, 0.1) is 5.92 Å². The van der Waals surface area contributed by atoms with E-state index >= 15 is 8.78 Å². The van der Waals surface area contributed by atoms with Crippen LogP contribution in [0.15, 0.2) is 95.9 Å². The fraction of sp³-hybridized carbons (Fsp3) is 0.378. The van der Waals surface area contributed by atoms with Gasteiger partial charge < -0.3 is 15.4 Å². The Morgan fingerprint density at radius 2 is 1.49 bits per heavy atom. The van der Waals surface area contributed by atoms with Crippen LogP contribution in [0.3, 0.4) is 0 Å². The fourth-order valence-electron chi connectivity index (χ4n) is 7.93. The molecule has 4 aromatic rings. The number of hydrogen-bond acceptors (Lipinski definition) is 6. The molecule has 3 N–H and O–H groups in total. The summed E-state index contributed by atoms with van der Waals surface area (Å²) in [6.45, 7) is 0. The van der Waals surface area contributed by atoms with Crippen molar-refractivity contribution in [2.45, 2.75) is 85.9 Å². The van der Waals surface area contributed by atoms with E-state index in [1.807, 2.05) is 12.1 Å². The lowest BCUT2D eigenvalue weighted by molar-refractivity contribution is -0.205. The van der Waals surface area contributed by atoms with Gasteiger partial charge >= 0.3 is 0 Å². The van der Waals surface area contributed by atoms with Crippen LogP contribution >= 0.6 is 11.6 Å². The first-order valence-electron chi connectivity index (χ1n) is 16.6. The summed E-state index contributed by atoms with van der Waals surface area (Å²) in [7, 11) is -4.31. The maximum Gasteiger partial charge on any atom is 0.287 e. The Morgan fingerprint density at radius 3 is 2.12 bits per heavy atom. The molecule has 1 amide bonds. The zero-order chi connectivity index (χ0) is 34.4. The molecule has 2 bridgehead atoms. The van der Waals surface area contributed by atoms with Crippen molar-refractivity contribution < 1.29 is 31.6 Å². The Kier molecular flexibility index (Phi) is 9.16. The lowest BCUT2D eigenvalue weighted by atomic mass is 9.76. The topological polar surface area (TPSA) is 111 Å². The van der Waals surface area contributed by atoms with Gasteiger partial charge in [0.15, 0.2) is 0 Å². The number of piperidine rings is 1. The zero-order valence-corrected chi connectivity index (χ0v) is 28.3. The van der Waals surface area contributed by atoms with Crippen molar-refractivity contribution in [3.63, 3.8) is 0 Å². The van der Waals surface area contributed by atoms with Crippen LogP contribution in [-0.2, 0) is 25.6 Å². The number of nitrogens with zero attached hydrogens (tertiary/aromatic N) is 1. The molecule has 1 saturated carbocycles. The average Bonchev–Trinajstić information content (AvgIpc) is 3.67. The van der Waals surface area contributed by atoms with Gasteiger partial charge in [-0.15, -0.1) is 0 Å². The molecule has 12 heteroatoms. The number of alkyl halides is 2. The summed E-state index contributed by atoms with van der Waals surface area (Å²) in [5.74, 6) is -5.69. The molecule has 258 valence electrons. The monoisotopic (exact) mass is 709 g/mol.